The number of fused-ring (bicyclic) bond motifs is 1. The predicted molar refractivity (Wildman–Crippen MR) is 138 cm³/mol. The van der Waals surface area contributed by atoms with E-state index in [0.717, 1.165) is 31.2 Å². The van der Waals surface area contributed by atoms with Gasteiger partial charge in [-0.1, -0.05) is 31.4 Å². The molecule has 1 aromatic heterocycles. The van der Waals surface area contributed by atoms with Crippen LogP contribution in [0, 0.1) is 0 Å². The van der Waals surface area contributed by atoms with E-state index in [1.165, 1.54) is 9.70 Å². The van der Waals surface area contributed by atoms with E-state index in [4.69, 9.17) is 21.1 Å². The van der Waals surface area contributed by atoms with Crippen molar-refractivity contribution in [3.63, 3.8) is 0 Å². The molecule has 10 nitrogen and oxygen atoms in total. The molecule has 1 saturated carbocycles. The summed E-state index contributed by atoms with van der Waals surface area (Å²) >= 11 is 5.97. The van der Waals surface area contributed by atoms with Crippen molar-refractivity contribution in [2.75, 3.05) is 18.1 Å². The summed E-state index contributed by atoms with van der Waals surface area (Å²) in [4.78, 5) is 29.9. The first-order chi connectivity index (χ1) is 18.0. The number of rotatable bonds is 8. The molecule has 11 heteroatoms. The predicted octanol–water partition coefficient (Wildman–Crippen LogP) is 3.64. The standard InChI is InChI=1S/C26H29ClN6O4/c1-2-21(26(35)28-19-5-3-4-6-19)33(20-11-12-22-23(15-20)37-14-13-36-22)24(34)16-32-30-25(29-31-32)17-7-9-18(27)10-8-17/h7-12,15,19,21H,2-6,13-14,16H2,1H3,(H,28,35). The molecule has 2 amide bonds. The zero-order chi connectivity index (χ0) is 25.8. The molecular formula is C26H29ClN6O4. The number of aromatic nitrogens is 4. The Balaban J connectivity index is 1.42. The largest absolute Gasteiger partial charge is 0.486 e. The summed E-state index contributed by atoms with van der Waals surface area (Å²) in [6.07, 6.45) is 4.54. The lowest BCUT2D eigenvalue weighted by Gasteiger charge is -2.32. The van der Waals surface area contributed by atoms with Crippen LogP contribution >= 0.6 is 11.6 Å². The third-order valence-electron chi connectivity index (χ3n) is 6.61. The lowest BCUT2D eigenvalue weighted by Crippen LogP contribution is -2.52. The van der Waals surface area contributed by atoms with Crippen molar-refractivity contribution >= 4 is 29.1 Å². The SMILES string of the molecule is CCC(C(=O)NC1CCCC1)N(C(=O)Cn1nnc(-c2ccc(Cl)cc2)n1)c1ccc2c(c1)OCCO2. The molecule has 5 rings (SSSR count). The fourth-order valence-corrected chi connectivity index (χ4v) is 4.88. The minimum Gasteiger partial charge on any atom is -0.486 e. The molecule has 2 aromatic carbocycles. The van der Waals surface area contributed by atoms with Gasteiger partial charge in [-0.15, -0.1) is 10.2 Å². The first-order valence-corrected chi connectivity index (χ1v) is 13.0. The van der Waals surface area contributed by atoms with Gasteiger partial charge in [-0.2, -0.15) is 4.80 Å². The van der Waals surface area contributed by atoms with E-state index >= 15 is 0 Å². The molecular weight excluding hydrogens is 496 g/mol. The number of anilines is 1. The van der Waals surface area contributed by atoms with E-state index in [0.29, 0.717) is 47.7 Å². The molecule has 3 aromatic rings. The summed E-state index contributed by atoms with van der Waals surface area (Å²) in [5.74, 6) is 1.01. The molecule has 37 heavy (non-hydrogen) atoms. The maximum absolute atomic E-state index is 13.7. The zero-order valence-electron chi connectivity index (χ0n) is 20.6. The maximum Gasteiger partial charge on any atom is 0.251 e. The van der Waals surface area contributed by atoms with Crippen LogP contribution in [0.25, 0.3) is 11.4 Å². The molecule has 1 atom stereocenters. The molecule has 0 saturated heterocycles. The van der Waals surface area contributed by atoms with Crippen LogP contribution < -0.4 is 19.7 Å². The summed E-state index contributed by atoms with van der Waals surface area (Å²) in [5.41, 5.74) is 1.27. The lowest BCUT2D eigenvalue weighted by molar-refractivity contribution is -0.127. The topological polar surface area (TPSA) is 111 Å². The zero-order valence-corrected chi connectivity index (χ0v) is 21.4. The van der Waals surface area contributed by atoms with Gasteiger partial charge in [0, 0.05) is 28.4 Å². The number of nitrogens with one attached hydrogen (secondary N) is 1. The van der Waals surface area contributed by atoms with Gasteiger partial charge in [-0.25, -0.2) is 0 Å². The number of hydrogen-bond acceptors (Lipinski definition) is 7. The summed E-state index contributed by atoms with van der Waals surface area (Å²) in [6, 6.07) is 11.7. The summed E-state index contributed by atoms with van der Waals surface area (Å²) < 4.78 is 11.4. The molecule has 1 aliphatic carbocycles. The molecule has 0 spiro atoms. The number of carbonyl (C=O) groups is 2. The Morgan fingerprint density at radius 2 is 1.84 bits per heavy atom. The van der Waals surface area contributed by atoms with Gasteiger partial charge in [0.2, 0.25) is 11.7 Å². The van der Waals surface area contributed by atoms with Gasteiger partial charge in [0.05, 0.1) is 0 Å². The van der Waals surface area contributed by atoms with Crippen LogP contribution in [0.5, 0.6) is 11.5 Å². The third kappa shape index (κ3) is 5.69. The Hall–Kier alpha value is -3.66. The summed E-state index contributed by atoms with van der Waals surface area (Å²) in [6.45, 7) is 2.58. The number of ether oxygens (including phenoxy) is 2. The fourth-order valence-electron chi connectivity index (χ4n) is 4.75. The monoisotopic (exact) mass is 524 g/mol. The van der Waals surface area contributed by atoms with E-state index in [-0.39, 0.29) is 24.4 Å². The first-order valence-electron chi connectivity index (χ1n) is 12.6. The lowest BCUT2D eigenvalue weighted by atomic mass is 10.1. The van der Waals surface area contributed by atoms with Gasteiger partial charge in [0.15, 0.2) is 11.5 Å². The Morgan fingerprint density at radius 1 is 1.11 bits per heavy atom. The van der Waals surface area contributed by atoms with Crippen molar-refractivity contribution in [3.05, 3.63) is 47.5 Å². The number of tetrazole rings is 1. The van der Waals surface area contributed by atoms with Crippen LogP contribution in [-0.4, -0.2) is 57.3 Å². The third-order valence-corrected chi connectivity index (χ3v) is 6.86. The molecule has 2 aliphatic rings. The van der Waals surface area contributed by atoms with Crippen molar-refractivity contribution in [2.45, 2.75) is 57.7 Å². The first kappa shape index (κ1) is 25.0. The smallest absolute Gasteiger partial charge is 0.251 e. The van der Waals surface area contributed by atoms with Crippen LogP contribution in [0.4, 0.5) is 5.69 Å². The minimum atomic E-state index is -0.713. The van der Waals surface area contributed by atoms with E-state index in [1.54, 1.807) is 42.5 Å². The van der Waals surface area contributed by atoms with Crippen molar-refractivity contribution in [1.82, 2.24) is 25.5 Å². The molecule has 0 bridgehead atoms. The normalized spacial score (nSPS) is 15.8. The quantitative estimate of drug-likeness (QED) is 0.479. The van der Waals surface area contributed by atoms with Crippen molar-refractivity contribution in [1.29, 1.82) is 0 Å². The Bertz CT molecular complexity index is 1260. The highest BCUT2D eigenvalue weighted by Gasteiger charge is 2.33. The van der Waals surface area contributed by atoms with Gasteiger partial charge in [0.25, 0.3) is 5.91 Å². The number of carbonyl (C=O) groups excluding carboxylic acids is 2. The highest BCUT2D eigenvalue weighted by Crippen LogP contribution is 2.35. The van der Waals surface area contributed by atoms with Gasteiger partial charge in [-0.3, -0.25) is 14.5 Å². The Kier molecular flexibility index (Phi) is 7.55. The van der Waals surface area contributed by atoms with E-state index in [9.17, 15) is 9.59 Å². The summed E-state index contributed by atoms with van der Waals surface area (Å²) in [5, 5.41) is 16.3. The van der Waals surface area contributed by atoms with E-state index in [2.05, 4.69) is 20.7 Å². The second-order valence-corrected chi connectivity index (χ2v) is 9.59. The number of hydrogen-bond donors (Lipinski definition) is 1. The molecule has 1 unspecified atom stereocenters. The van der Waals surface area contributed by atoms with E-state index < -0.39 is 6.04 Å². The number of amides is 2. The number of halogens is 1. The van der Waals surface area contributed by atoms with Gasteiger partial charge in [0.1, 0.15) is 25.8 Å². The molecule has 0 radical (unpaired) electrons. The second kappa shape index (κ2) is 11.2. The average molecular weight is 525 g/mol. The highest BCUT2D eigenvalue weighted by atomic mass is 35.5. The van der Waals surface area contributed by atoms with Gasteiger partial charge in [-0.05, 0) is 60.9 Å². The fraction of sp³-hybridized carbons (Fsp3) is 0.423. The Labute approximate surface area is 219 Å². The van der Waals surface area contributed by atoms with Crippen LogP contribution in [0.1, 0.15) is 39.0 Å². The second-order valence-electron chi connectivity index (χ2n) is 9.16. The van der Waals surface area contributed by atoms with Crippen molar-refractivity contribution < 1.29 is 19.1 Å². The Morgan fingerprint density at radius 3 is 2.57 bits per heavy atom. The number of benzene rings is 2. The van der Waals surface area contributed by atoms with Crippen molar-refractivity contribution in [2.24, 2.45) is 0 Å². The number of nitrogens with zero attached hydrogens (tertiary/aromatic N) is 5. The van der Waals surface area contributed by atoms with Crippen molar-refractivity contribution in [3.8, 4) is 22.9 Å². The van der Waals surface area contributed by atoms with Crippen LogP contribution in [0.15, 0.2) is 42.5 Å². The summed E-state index contributed by atoms with van der Waals surface area (Å²) in [7, 11) is 0. The van der Waals surface area contributed by atoms with Crippen LogP contribution in [-0.2, 0) is 16.1 Å². The molecule has 194 valence electrons. The van der Waals surface area contributed by atoms with Crippen LogP contribution in [0.2, 0.25) is 5.02 Å². The molecule has 1 fully saturated rings. The minimum absolute atomic E-state index is 0.137. The molecule has 1 aliphatic heterocycles. The molecule has 1 N–H and O–H groups in total. The van der Waals surface area contributed by atoms with Gasteiger partial charge < -0.3 is 14.8 Å². The average Bonchev–Trinajstić information content (AvgIpc) is 3.59. The van der Waals surface area contributed by atoms with Gasteiger partial charge >= 0.3 is 0 Å². The highest BCUT2D eigenvalue weighted by molar-refractivity contribution is 6.30. The van der Waals surface area contributed by atoms with Crippen LogP contribution in [0.3, 0.4) is 0 Å². The maximum atomic E-state index is 13.7. The van der Waals surface area contributed by atoms with E-state index in [1.807, 2.05) is 6.92 Å². The molecule has 2 heterocycles.